The largest absolute Gasteiger partial charge is 0.477 e. The second-order valence-electron chi connectivity index (χ2n) is 5.22. The third-order valence-electron chi connectivity index (χ3n) is 3.55. The molecule has 2 N–H and O–H groups in total. The van der Waals surface area contributed by atoms with Crippen molar-refractivity contribution < 1.29 is 23.4 Å². The third kappa shape index (κ3) is 3.28. The summed E-state index contributed by atoms with van der Waals surface area (Å²) in [7, 11) is -3.76. The number of carboxylic acid groups (broad SMARTS) is 1. The molecule has 0 bridgehead atoms. The highest BCUT2D eigenvalue weighted by Crippen LogP contribution is 2.23. The molecule has 1 unspecified atom stereocenters. The zero-order valence-corrected chi connectivity index (χ0v) is 12.7. The van der Waals surface area contributed by atoms with Gasteiger partial charge in [-0.25, -0.2) is 13.2 Å². The topological polar surface area (TPSA) is 99.8 Å². The average Bonchev–Trinajstić information content (AvgIpc) is 2.84. The summed E-state index contributed by atoms with van der Waals surface area (Å²) in [5, 5.41) is 18.8. The van der Waals surface area contributed by atoms with E-state index in [0.717, 1.165) is 0 Å². The Labute approximate surface area is 123 Å². The van der Waals surface area contributed by atoms with Gasteiger partial charge in [-0.05, 0) is 25.3 Å². The fourth-order valence-electron chi connectivity index (χ4n) is 2.52. The molecule has 7 nitrogen and oxygen atoms in total. The van der Waals surface area contributed by atoms with Gasteiger partial charge in [0.1, 0.15) is 10.6 Å². The van der Waals surface area contributed by atoms with Gasteiger partial charge in [-0.15, -0.1) is 0 Å². The van der Waals surface area contributed by atoms with Crippen molar-refractivity contribution in [3.8, 4) is 0 Å². The molecule has 0 amide bonds. The lowest BCUT2D eigenvalue weighted by molar-refractivity contribution is 0.0685. The van der Waals surface area contributed by atoms with Crippen molar-refractivity contribution >= 4 is 16.0 Å². The van der Waals surface area contributed by atoms with Crippen molar-refractivity contribution in [2.75, 3.05) is 13.1 Å². The quantitative estimate of drug-likeness (QED) is 0.834. The van der Waals surface area contributed by atoms with Crippen LogP contribution in [0.2, 0.25) is 0 Å². The highest BCUT2D eigenvalue weighted by Gasteiger charge is 2.31. The molecule has 0 aliphatic carbocycles. The summed E-state index contributed by atoms with van der Waals surface area (Å²) in [6.45, 7) is 2.74. The zero-order chi connectivity index (χ0) is 15.6. The summed E-state index contributed by atoms with van der Waals surface area (Å²) in [6, 6.07) is 1.19. The zero-order valence-electron chi connectivity index (χ0n) is 11.9. The Morgan fingerprint density at radius 1 is 1.48 bits per heavy atom. The number of carbonyl (C=O) groups is 1. The minimum Gasteiger partial charge on any atom is -0.477 e. The standard InChI is InChI=1S/C13H20N2O5S/c1-2-5-14-9-11(7-12(14)13(17)18)21(19,20)15-6-3-4-10(16)8-15/h7,9-10,16H,2-6,8H2,1H3,(H,17,18). The molecular weight excluding hydrogens is 296 g/mol. The summed E-state index contributed by atoms with van der Waals surface area (Å²) >= 11 is 0. The Hall–Kier alpha value is -1.38. The second kappa shape index (κ2) is 6.17. The molecular formula is C13H20N2O5S. The first-order valence-electron chi connectivity index (χ1n) is 6.98. The normalized spacial score (nSPS) is 20.6. The first-order chi connectivity index (χ1) is 9.86. The van der Waals surface area contributed by atoms with Crippen LogP contribution in [-0.4, -0.2) is 52.7 Å². The van der Waals surface area contributed by atoms with Crippen molar-refractivity contribution in [3.05, 3.63) is 18.0 Å². The van der Waals surface area contributed by atoms with Crippen LogP contribution >= 0.6 is 0 Å². The number of sulfonamides is 1. The predicted molar refractivity (Wildman–Crippen MR) is 75.7 cm³/mol. The Balaban J connectivity index is 2.35. The van der Waals surface area contributed by atoms with Crippen LogP contribution < -0.4 is 0 Å². The lowest BCUT2D eigenvalue weighted by atomic mass is 10.1. The van der Waals surface area contributed by atoms with Crippen LogP contribution in [0.15, 0.2) is 17.2 Å². The van der Waals surface area contributed by atoms with Gasteiger partial charge in [0.15, 0.2) is 0 Å². The summed E-state index contributed by atoms with van der Waals surface area (Å²) in [5.41, 5.74) is -0.0343. The monoisotopic (exact) mass is 316 g/mol. The number of piperidine rings is 1. The maximum absolute atomic E-state index is 12.5. The Kier molecular flexibility index (Phi) is 4.70. The minimum absolute atomic E-state index is 0.0255. The first kappa shape index (κ1) is 16.0. The molecule has 118 valence electrons. The summed E-state index contributed by atoms with van der Waals surface area (Å²) in [4.78, 5) is 11.2. The van der Waals surface area contributed by atoms with E-state index < -0.39 is 22.1 Å². The third-order valence-corrected chi connectivity index (χ3v) is 5.38. The molecule has 1 aliphatic rings. The average molecular weight is 316 g/mol. The molecule has 1 aliphatic heterocycles. The van der Waals surface area contributed by atoms with Crippen LogP contribution in [0.5, 0.6) is 0 Å². The van der Waals surface area contributed by atoms with E-state index in [2.05, 4.69) is 0 Å². The van der Waals surface area contributed by atoms with E-state index in [0.29, 0.717) is 32.4 Å². The molecule has 2 heterocycles. The number of hydrogen-bond acceptors (Lipinski definition) is 4. The molecule has 1 saturated heterocycles. The van der Waals surface area contributed by atoms with Gasteiger partial charge in [0.05, 0.1) is 6.10 Å². The number of aromatic carboxylic acids is 1. The van der Waals surface area contributed by atoms with Crippen molar-refractivity contribution in [2.45, 2.75) is 43.7 Å². The molecule has 8 heteroatoms. The van der Waals surface area contributed by atoms with Crippen molar-refractivity contribution in [3.63, 3.8) is 0 Å². The molecule has 1 aromatic heterocycles. The molecule has 0 aromatic carbocycles. The molecule has 0 saturated carbocycles. The molecule has 1 atom stereocenters. The van der Waals surface area contributed by atoms with Gasteiger partial charge in [0, 0.05) is 25.8 Å². The lowest BCUT2D eigenvalue weighted by Crippen LogP contribution is -2.41. The van der Waals surface area contributed by atoms with Gasteiger partial charge >= 0.3 is 5.97 Å². The summed E-state index contributed by atoms with van der Waals surface area (Å²) in [5.74, 6) is -1.15. The highest BCUT2D eigenvalue weighted by atomic mass is 32.2. The van der Waals surface area contributed by atoms with Gasteiger partial charge < -0.3 is 14.8 Å². The predicted octanol–water partition coefficient (Wildman–Crippen LogP) is 0.742. The van der Waals surface area contributed by atoms with Gasteiger partial charge in [-0.1, -0.05) is 6.92 Å². The molecule has 2 rings (SSSR count). The Morgan fingerprint density at radius 3 is 2.76 bits per heavy atom. The second-order valence-corrected chi connectivity index (χ2v) is 7.16. The van der Waals surface area contributed by atoms with Crippen LogP contribution in [0.1, 0.15) is 36.7 Å². The number of aliphatic hydroxyl groups excluding tert-OH is 1. The minimum atomic E-state index is -3.76. The van der Waals surface area contributed by atoms with Crippen LogP contribution in [0.3, 0.4) is 0 Å². The summed E-state index contributed by atoms with van der Waals surface area (Å²) in [6.07, 6.45) is 2.59. The van der Waals surface area contributed by atoms with Crippen LogP contribution in [0.4, 0.5) is 0 Å². The SMILES string of the molecule is CCCn1cc(S(=O)(=O)N2CCCC(O)C2)cc1C(=O)O. The number of rotatable bonds is 5. The number of β-amino-alcohol motifs (C(OH)–C–C–N with tert-alkyl or cyclic N) is 1. The van der Waals surface area contributed by atoms with Crippen LogP contribution in [0, 0.1) is 0 Å². The summed E-state index contributed by atoms with van der Waals surface area (Å²) < 4.78 is 27.7. The first-order valence-corrected chi connectivity index (χ1v) is 8.42. The fraction of sp³-hybridized carbons (Fsp3) is 0.615. The molecule has 21 heavy (non-hydrogen) atoms. The number of aromatic nitrogens is 1. The van der Waals surface area contributed by atoms with Crippen LogP contribution in [-0.2, 0) is 16.6 Å². The van der Waals surface area contributed by atoms with Crippen molar-refractivity contribution in [1.82, 2.24) is 8.87 Å². The number of carboxylic acids is 1. The Bertz CT molecular complexity index is 623. The van der Waals surface area contributed by atoms with Crippen molar-refractivity contribution in [1.29, 1.82) is 0 Å². The van der Waals surface area contributed by atoms with Gasteiger partial charge in [0.25, 0.3) is 0 Å². The smallest absolute Gasteiger partial charge is 0.352 e. The molecule has 0 spiro atoms. The molecule has 0 radical (unpaired) electrons. The van der Waals surface area contributed by atoms with E-state index in [9.17, 15) is 18.3 Å². The molecule has 1 fully saturated rings. The van der Waals surface area contributed by atoms with E-state index in [1.165, 1.54) is 21.1 Å². The fourth-order valence-corrected chi connectivity index (χ4v) is 4.07. The van der Waals surface area contributed by atoms with Crippen LogP contribution in [0.25, 0.3) is 0 Å². The van der Waals surface area contributed by atoms with Gasteiger partial charge in [-0.2, -0.15) is 4.31 Å². The lowest BCUT2D eigenvalue weighted by Gasteiger charge is -2.28. The van der Waals surface area contributed by atoms with E-state index in [1.54, 1.807) is 0 Å². The van der Waals surface area contributed by atoms with E-state index in [1.807, 2.05) is 6.92 Å². The van der Waals surface area contributed by atoms with E-state index in [-0.39, 0.29) is 17.1 Å². The maximum atomic E-state index is 12.5. The molecule has 1 aromatic rings. The number of nitrogens with zero attached hydrogens (tertiary/aromatic N) is 2. The van der Waals surface area contributed by atoms with E-state index >= 15 is 0 Å². The number of aliphatic hydroxyl groups is 1. The van der Waals surface area contributed by atoms with Gasteiger partial charge in [-0.3, -0.25) is 0 Å². The highest BCUT2D eigenvalue weighted by molar-refractivity contribution is 7.89. The Morgan fingerprint density at radius 2 is 2.19 bits per heavy atom. The number of aryl methyl sites for hydroxylation is 1. The van der Waals surface area contributed by atoms with E-state index in [4.69, 9.17) is 5.11 Å². The number of hydrogen-bond donors (Lipinski definition) is 2. The van der Waals surface area contributed by atoms with Gasteiger partial charge in [0.2, 0.25) is 10.0 Å². The van der Waals surface area contributed by atoms with Crippen molar-refractivity contribution in [2.24, 2.45) is 0 Å². The maximum Gasteiger partial charge on any atom is 0.352 e.